The summed E-state index contributed by atoms with van der Waals surface area (Å²) in [5.41, 5.74) is 2.71. The maximum absolute atomic E-state index is 5.80. The van der Waals surface area contributed by atoms with Crippen molar-refractivity contribution in [2.24, 2.45) is 0 Å². The zero-order valence-electron chi connectivity index (χ0n) is 9.59. The van der Waals surface area contributed by atoms with Gasteiger partial charge in [-0.1, -0.05) is 0 Å². The Bertz CT molecular complexity index is 670. The summed E-state index contributed by atoms with van der Waals surface area (Å²) in [7, 11) is 0. The molecule has 1 aliphatic rings. The molecule has 5 heteroatoms. The van der Waals surface area contributed by atoms with Crippen LogP contribution >= 0.6 is 11.3 Å². The van der Waals surface area contributed by atoms with Crippen molar-refractivity contribution in [1.82, 2.24) is 15.3 Å². The minimum absolute atomic E-state index is 0.0641. The lowest BCUT2D eigenvalue weighted by Gasteiger charge is -2.21. The predicted octanol–water partition coefficient (Wildman–Crippen LogP) is 2.52. The van der Waals surface area contributed by atoms with Crippen LogP contribution in [0.2, 0.25) is 0 Å². The van der Waals surface area contributed by atoms with Crippen LogP contribution in [0.4, 0.5) is 0 Å². The monoisotopic (exact) mass is 257 g/mol. The van der Waals surface area contributed by atoms with Gasteiger partial charge in [-0.25, -0.2) is 4.98 Å². The van der Waals surface area contributed by atoms with E-state index in [1.165, 1.54) is 10.4 Å². The first-order chi connectivity index (χ1) is 8.92. The first-order valence-electron chi connectivity index (χ1n) is 5.93. The van der Waals surface area contributed by atoms with Gasteiger partial charge in [-0.3, -0.25) is 0 Å². The summed E-state index contributed by atoms with van der Waals surface area (Å²) in [6, 6.07) is 5.98. The van der Waals surface area contributed by atoms with Gasteiger partial charge in [0.15, 0.2) is 11.2 Å². The van der Waals surface area contributed by atoms with E-state index in [0.717, 1.165) is 18.5 Å². The number of aromatic nitrogens is 2. The van der Waals surface area contributed by atoms with Gasteiger partial charge in [0.25, 0.3) is 0 Å². The average molecular weight is 257 g/mol. The minimum Gasteiger partial charge on any atom is -0.437 e. The lowest BCUT2D eigenvalue weighted by atomic mass is 10.0. The maximum atomic E-state index is 5.80. The van der Waals surface area contributed by atoms with E-state index < -0.39 is 0 Å². The van der Waals surface area contributed by atoms with E-state index >= 15 is 0 Å². The minimum atomic E-state index is 0.0641. The fourth-order valence-electron chi connectivity index (χ4n) is 2.38. The van der Waals surface area contributed by atoms with E-state index in [9.17, 15) is 0 Å². The van der Waals surface area contributed by atoms with Crippen LogP contribution in [0.15, 0.2) is 34.2 Å². The van der Waals surface area contributed by atoms with Crippen LogP contribution in [-0.4, -0.2) is 16.5 Å². The lowest BCUT2D eigenvalue weighted by Crippen LogP contribution is -2.29. The molecule has 1 N–H and O–H groups in total. The van der Waals surface area contributed by atoms with Crippen molar-refractivity contribution in [2.45, 2.75) is 12.5 Å². The fraction of sp³-hybridized carbons (Fsp3) is 0.231. The van der Waals surface area contributed by atoms with Crippen molar-refractivity contribution in [2.75, 3.05) is 6.54 Å². The molecule has 1 aliphatic heterocycles. The van der Waals surface area contributed by atoms with Gasteiger partial charge in [-0.15, -0.1) is 11.3 Å². The molecule has 3 aromatic rings. The van der Waals surface area contributed by atoms with Gasteiger partial charge in [0.2, 0.25) is 5.89 Å². The molecule has 90 valence electrons. The summed E-state index contributed by atoms with van der Waals surface area (Å²) in [4.78, 5) is 10.1. The molecule has 4 heterocycles. The summed E-state index contributed by atoms with van der Waals surface area (Å²) >= 11 is 1.81. The Balaban J connectivity index is 1.84. The van der Waals surface area contributed by atoms with E-state index in [-0.39, 0.29) is 6.04 Å². The molecule has 4 rings (SSSR count). The second kappa shape index (κ2) is 3.90. The van der Waals surface area contributed by atoms with E-state index in [1.54, 1.807) is 17.5 Å². The number of pyridine rings is 1. The van der Waals surface area contributed by atoms with Crippen molar-refractivity contribution in [3.05, 3.63) is 46.1 Å². The number of thiophene rings is 1. The summed E-state index contributed by atoms with van der Waals surface area (Å²) in [6.45, 7) is 0.963. The third kappa shape index (κ3) is 1.48. The molecule has 18 heavy (non-hydrogen) atoms. The van der Waals surface area contributed by atoms with Gasteiger partial charge in [-0.2, -0.15) is 4.98 Å². The molecule has 4 nitrogen and oxygen atoms in total. The Morgan fingerprint density at radius 3 is 3.33 bits per heavy atom. The smallest absolute Gasteiger partial charge is 0.218 e. The van der Waals surface area contributed by atoms with E-state index in [2.05, 4.69) is 26.7 Å². The molecular formula is C13H11N3OS. The van der Waals surface area contributed by atoms with Crippen molar-refractivity contribution in [1.29, 1.82) is 0 Å². The number of hydrogen-bond donors (Lipinski definition) is 1. The van der Waals surface area contributed by atoms with Crippen molar-refractivity contribution < 1.29 is 4.42 Å². The van der Waals surface area contributed by atoms with Crippen LogP contribution in [0.5, 0.6) is 0 Å². The van der Waals surface area contributed by atoms with Crippen LogP contribution in [0.25, 0.3) is 11.2 Å². The van der Waals surface area contributed by atoms with Crippen LogP contribution in [0, 0.1) is 0 Å². The molecule has 0 spiro atoms. The number of rotatable bonds is 1. The maximum Gasteiger partial charge on any atom is 0.218 e. The van der Waals surface area contributed by atoms with Gasteiger partial charge in [0.05, 0.1) is 0 Å². The second-order valence-electron chi connectivity index (χ2n) is 4.31. The summed E-state index contributed by atoms with van der Waals surface area (Å²) < 4.78 is 5.80. The molecule has 0 amide bonds. The first-order valence-corrected chi connectivity index (χ1v) is 6.81. The topological polar surface area (TPSA) is 51.0 Å². The zero-order chi connectivity index (χ0) is 11.9. The molecule has 0 aliphatic carbocycles. The Hall–Kier alpha value is -1.72. The quantitative estimate of drug-likeness (QED) is 0.727. The number of nitrogens with zero attached hydrogens (tertiary/aromatic N) is 2. The Morgan fingerprint density at radius 2 is 2.39 bits per heavy atom. The predicted molar refractivity (Wildman–Crippen MR) is 69.7 cm³/mol. The van der Waals surface area contributed by atoms with Gasteiger partial charge >= 0.3 is 0 Å². The molecule has 0 saturated heterocycles. The van der Waals surface area contributed by atoms with E-state index in [4.69, 9.17) is 4.42 Å². The van der Waals surface area contributed by atoms with Crippen LogP contribution < -0.4 is 5.32 Å². The van der Waals surface area contributed by atoms with Gasteiger partial charge in [0.1, 0.15) is 6.04 Å². The highest BCUT2D eigenvalue weighted by molar-refractivity contribution is 7.10. The van der Waals surface area contributed by atoms with Crippen LogP contribution in [0.1, 0.15) is 22.4 Å². The van der Waals surface area contributed by atoms with Crippen molar-refractivity contribution >= 4 is 22.6 Å². The third-order valence-corrected chi connectivity index (χ3v) is 4.22. The largest absolute Gasteiger partial charge is 0.437 e. The number of nitrogens with one attached hydrogen (secondary N) is 1. The lowest BCUT2D eigenvalue weighted by molar-refractivity contribution is 0.442. The first kappa shape index (κ1) is 10.2. The summed E-state index contributed by atoms with van der Waals surface area (Å²) in [6.07, 6.45) is 2.82. The molecule has 1 unspecified atom stereocenters. The summed E-state index contributed by atoms with van der Waals surface area (Å²) in [5.74, 6) is 0.711. The Kier molecular flexibility index (Phi) is 2.21. The highest BCUT2D eigenvalue weighted by atomic mass is 32.1. The number of fused-ring (bicyclic) bond motifs is 2. The molecule has 0 bridgehead atoms. The van der Waals surface area contributed by atoms with Crippen LogP contribution in [-0.2, 0) is 6.42 Å². The van der Waals surface area contributed by atoms with Crippen molar-refractivity contribution in [3.8, 4) is 0 Å². The van der Waals surface area contributed by atoms with E-state index in [0.29, 0.717) is 11.5 Å². The molecule has 0 saturated carbocycles. The second-order valence-corrected chi connectivity index (χ2v) is 5.31. The van der Waals surface area contributed by atoms with E-state index in [1.807, 2.05) is 12.1 Å². The average Bonchev–Trinajstić information content (AvgIpc) is 3.04. The van der Waals surface area contributed by atoms with Crippen molar-refractivity contribution in [3.63, 3.8) is 0 Å². The Labute approximate surface area is 108 Å². The highest BCUT2D eigenvalue weighted by Gasteiger charge is 2.26. The summed E-state index contributed by atoms with van der Waals surface area (Å²) in [5, 5.41) is 5.59. The molecule has 0 fully saturated rings. The van der Waals surface area contributed by atoms with Gasteiger partial charge in [-0.05, 0) is 35.6 Å². The van der Waals surface area contributed by atoms with Crippen LogP contribution in [0.3, 0.4) is 0 Å². The molecular weight excluding hydrogens is 246 g/mol. The highest BCUT2D eigenvalue weighted by Crippen LogP contribution is 2.32. The number of hydrogen-bond acceptors (Lipinski definition) is 5. The molecule has 1 atom stereocenters. The fourth-order valence-corrected chi connectivity index (χ4v) is 3.30. The Morgan fingerprint density at radius 1 is 1.39 bits per heavy atom. The SMILES string of the molecule is c1cnc2nc(C3NCCc4sccc43)oc2c1. The molecule has 3 aromatic heterocycles. The normalized spacial score (nSPS) is 19.0. The zero-order valence-corrected chi connectivity index (χ0v) is 10.4. The number of oxazole rings is 1. The standard InChI is InChI=1S/C13H11N3OS/c1-2-9-12(15-5-1)16-13(17-9)11-8-4-7-18-10(8)3-6-14-11/h1-2,4-5,7,11,14H,3,6H2. The third-order valence-electron chi connectivity index (χ3n) is 3.22. The van der Waals surface area contributed by atoms with Gasteiger partial charge < -0.3 is 9.73 Å². The molecule has 0 radical (unpaired) electrons. The van der Waals surface area contributed by atoms with Gasteiger partial charge in [0, 0.05) is 17.6 Å². The molecule has 0 aromatic carbocycles.